The van der Waals surface area contributed by atoms with Gasteiger partial charge in [0, 0.05) is 25.5 Å². The second-order valence-electron chi connectivity index (χ2n) is 5.31. The van der Waals surface area contributed by atoms with Crippen LogP contribution in [-0.2, 0) is 20.8 Å². The summed E-state index contributed by atoms with van der Waals surface area (Å²) in [4.78, 5) is 17.4. The van der Waals surface area contributed by atoms with E-state index in [1.807, 2.05) is 0 Å². The number of anilines is 1. The second kappa shape index (κ2) is 5.88. The lowest BCUT2D eigenvalue weighted by atomic mass is 9.99. The van der Waals surface area contributed by atoms with Crippen LogP contribution in [0.15, 0.2) is 12.4 Å². The maximum Gasteiger partial charge on any atom is 0.400 e. The molecule has 9 heteroatoms. The molecule has 1 aromatic heterocycles. The van der Waals surface area contributed by atoms with Crippen molar-refractivity contribution in [1.82, 2.24) is 9.55 Å². The number of nitrogens with zero attached hydrogens (tertiary/aromatic N) is 3. The maximum absolute atomic E-state index is 13.3. The summed E-state index contributed by atoms with van der Waals surface area (Å²) in [7, 11) is 0. The zero-order valence-electron chi connectivity index (χ0n) is 11.8. The van der Waals surface area contributed by atoms with Crippen LogP contribution in [0.4, 0.5) is 19.1 Å². The number of hydrogen-bond donors (Lipinski definition) is 0. The molecule has 0 aliphatic carbocycles. The minimum absolute atomic E-state index is 0.0779. The molecule has 3 rings (SSSR count). The van der Waals surface area contributed by atoms with Crippen molar-refractivity contribution in [3.8, 4) is 0 Å². The van der Waals surface area contributed by atoms with Gasteiger partial charge in [-0.25, -0.2) is 4.98 Å². The minimum Gasteiger partial charge on any atom is -0.376 e. The molecule has 2 aliphatic heterocycles. The highest BCUT2D eigenvalue weighted by atomic mass is 19.4. The predicted molar refractivity (Wildman–Crippen MR) is 69.3 cm³/mol. The number of alkyl halides is 3. The molecule has 0 spiro atoms. The van der Waals surface area contributed by atoms with Crippen molar-refractivity contribution in [2.45, 2.75) is 25.2 Å². The fourth-order valence-electron chi connectivity index (χ4n) is 2.74. The Balaban J connectivity index is 1.76. The van der Waals surface area contributed by atoms with E-state index in [9.17, 15) is 18.0 Å². The van der Waals surface area contributed by atoms with Crippen LogP contribution in [0.5, 0.6) is 0 Å². The van der Waals surface area contributed by atoms with Crippen molar-refractivity contribution in [2.24, 2.45) is 5.92 Å². The molecule has 1 saturated heterocycles. The number of aromatic nitrogens is 2. The van der Waals surface area contributed by atoms with Crippen molar-refractivity contribution in [1.29, 1.82) is 0 Å². The van der Waals surface area contributed by atoms with E-state index in [0.29, 0.717) is 13.2 Å². The molecule has 1 aromatic rings. The molecule has 0 N–H and O–H groups in total. The zero-order chi connectivity index (χ0) is 15.7. The third kappa shape index (κ3) is 2.95. The lowest BCUT2D eigenvalue weighted by Crippen LogP contribution is -2.45. The van der Waals surface area contributed by atoms with Crippen LogP contribution in [-0.4, -0.2) is 54.1 Å². The minimum atomic E-state index is -4.63. The van der Waals surface area contributed by atoms with Gasteiger partial charge in [-0.05, 0) is 6.42 Å². The van der Waals surface area contributed by atoms with Gasteiger partial charge in [0.1, 0.15) is 5.92 Å². The molecule has 2 aliphatic rings. The number of imidazole rings is 1. The first-order chi connectivity index (χ1) is 10.5. The molecule has 1 amide bonds. The third-order valence-electron chi connectivity index (χ3n) is 3.84. The number of hydrogen-bond acceptors (Lipinski definition) is 4. The number of halogens is 3. The van der Waals surface area contributed by atoms with E-state index in [-0.39, 0.29) is 25.7 Å². The molecule has 2 unspecified atom stereocenters. The second-order valence-corrected chi connectivity index (χ2v) is 5.31. The normalized spacial score (nSPS) is 23.4. The largest absolute Gasteiger partial charge is 0.400 e. The Bertz CT molecular complexity index is 540. The molecule has 22 heavy (non-hydrogen) atoms. The highest BCUT2D eigenvalue weighted by Gasteiger charge is 2.49. The van der Waals surface area contributed by atoms with E-state index in [0.717, 1.165) is 4.90 Å². The number of fused-ring (bicyclic) bond motifs is 1. The van der Waals surface area contributed by atoms with Gasteiger partial charge in [0.15, 0.2) is 0 Å². The first-order valence-electron chi connectivity index (χ1n) is 7.05. The van der Waals surface area contributed by atoms with Gasteiger partial charge in [0.25, 0.3) is 0 Å². The SMILES string of the molecule is O=C(C(CC1COCCO1)C(F)(F)F)N1CCn2ccnc21. The van der Waals surface area contributed by atoms with Gasteiger partial charge in [-0.3, -0.25) is 9.69 Å². The standard InChI is InChI=1S/C13H16F3N3O3/c14-13(15,16)10(7-9-8-21-5-6-22-9)11(20)19-4-3-18-2-1-17-12(18)19/h1-2,9-10H,3-8H2. The topological polar surface area (TPSA) is 56.6 Å². The molecule has 2 atom stereocenters. The van der Waals surface area contributed by atoms with Gasteiger partial charge in [0.05, 0.1) is 25.9 Å². The fourth-order valence-corrected chi connectivity index (χ4v) is 2.74. The lowest BCUT2D eigenvalue weighted by molar-refractivity contribution is -0.193. The smallest absolute Gasteiger partial charge is 0.376 e. The van der Waals surface area contributed by atoms with Crippen molar-refractivity contribution in [3.05, 3.63) is 12.4 Å². The molecular formula is C13H16F3N3O3. The highest BCUT2D eigenvalue weighted by molar-refractivity contribution is 5.94. The first-order valence-corrected chi connectivity index (χ1v) is 7.05. The summed E-state index contributed by atoms with van der Waals surface area (Å²) >= 11 is 0. The summed E-state index contributed by atoms with van der Waals surface area (Å²) in [6.45, 7) is 1.35. The van der Waals surface area contributed by atoms with Crippen LogP contribution in [0.3, 0.4) is 0 Å². The first kappa shape index (κ1) is 15.3. The molecule has 0 radical (unpaired) electrons. The molecule has 3 heterocycles. The summed E-state index contributed by atoms with van der Waals surface area (Å²) in [6, 6.07) is 0. The van der Waals surface area contributed by atoms with Crippen LogP contribution in [0.1, 0.15) is 6.42 Å². The monoisotopic (exact) mass is 319 g/mol. The van der Waals surface area contributed by atoms with Crippen molar-refractivity contribution >= 4 is 11.9 Å². The van der Waals surface area contributed by atoms with Gasteiger partial charge in [-0.15, -0.1) is 0 Å². The fraction of sp³-hybridized carbons (Fsp3) is 0.692. The summed E-state index contributed by atoms with van der Waals surface area (Å²) in [5, 5.41) is 0. The Labute approximate surface area is 124 Å². The maximum atomic E-state index is 13.3. The van der Waals surface area contributed by atoms with Gasteiger partial charge >= 0.3 is 6.18 Å². The van der Waals surface area contributed by atoms with Crippen LogP contribution in [0.2, 0.25) is 0 Å². The lowest BCUT2D eigenvalue weighted by Gasteiger charge is -2.29. The van der Waals surface area contributed by atoms with Crippen LogP contribution in [0.25, 0.3) is 0 Å². The molecule has 122 valence electrons. The number of carbonyl (C=O) groups excluding carboxylic acids is 1. The van der Waals surface area contributed by atoms with Gasteiger partial charge in [-0.1, -0.05) is 0 Å². The third-order valence-corrected chi connectivity index (χ3v) is 3.84. The number of carbonyl (C=O) groups is 1. The average molecular weight is 319 g/mol. The van der Waals surface area contributed by atoms with E-state index < -0.39 is 30.5 Å². The van der Waals surface area contributed by atoms with Gasteiger partial charge < -0.3 is 14.0 Å². The average Bonchev–Trinajstić information content (AvgIpc) is 3.06. The van der Waals surface area contributed by atoms with Crippen LogP contribution < -0.4 is 4.90 Å². The molecule has 0 bridgehead atoms. The molecular weight excluding hydrogens is 303 g/mol. The Morgan fingerprint density at radius 1 is 1.41 bits per heavy atom. The summed E-state index contributed by atoms with van der Waals surface area (Å²) < 4.78 is 52.0. The van der Waals surface area contributed by atoms with Crippen molar-refractivity contribution in [2.75, 3.05) is 31.3 Å². The summed E-state index contributed by atoms with van der Waals surface area (Å²) in [5.74, 6) is -2.82. The Kier molecular flexibility index (Phi) is 4.09. The Morgan fingerprint density at radius 3 is 2.91 bits per heavy atom. The Morgan fingerprint density at radius 2 is 2.23 bits per heavy atom. The molecule has 0 aromatic carbocycles. The number of rotatable bonds is 3. The van der Waals surface area contributed by atoms with Gasteiger partial charge in [0.2, 0.25) is 11.9 Å². The van der Waals surface area contributed by atoms with E-state index in [2.05, 4.69) is 4.98 Å². The Hall–Kier alpha value is -1.61. The van der Waals surface area contributed by atoms with E-state index >= 15 is 0 Å². The molecule has 1 fully saturated rings. The van der Waals surface area contributed by atoms with Crippen molar-refractivity contribution in [3.63, 3.8) is 0 Å². The molecule has 0 saturated carbocycles. The van der Waals surface area contributed by atoms with Crippen LogP contribution >= 0.6 is 0 Å². The zero-order valence-corrected chi connectivity index (χ0v) is 11.8. The summed E-state index contributed by atoms with van der Waals surface area (Å²) in [6.07, 6.45) is -2.66. The van der Waals surface area contributed by atoms with E-state index in [4.69, 9.17) is 9.47 Å². The van der Waals surface area contributed by atoms with Crippen molar-refractivity contribution < 1.29 is 27.4 Å². The number of ether oxygens (including phenoxy) is 2. The van der Waals surface area contributed by atoms with Gasteiger partial charge in [-0.2, -0.15) is 13.2 Å². The molecule has 6 nitrogen and oxygen atoms in total. The van der Waals surface area contributed by atoms with E-state index in [1.54, 1.807) is 10.8 Å². The summed E-state index contributed by atoms with van der Waals surface area (Å²) in [5.41, 5.74) is 0. The predicted octanol–water partition coefficient (Wildman–Crippen LogP) is 1.21. The number of amides is 1. The van der Waals surface area contributed by atoms with Crippen LogP contribution in [0, 0.1) is 5.92 Å². The quantitative estimate of drug-likeness (QED) is 0.840. The highest BCUT2D eigenvalue weighted by Crippen LogP contribution is 2.34. The van der Waals surface area contributed by atoms with E-state index in [1.165, 1.54) is 6.20 Å².